The molecule has 1 rings (SSSR count). The normalized spacial score (nSPS) is 12.2. The van der Waals surface area contributed by atoms with E-state index in [-0.39, 0.29) is 0 Å². The van der Waals surface area contributed by atoms with Crippen molar-refractivity contribution in [1.29, 1.82) is 0 Å². The molecule has 1 unspecified atom stereocenters. The summed E-state index contributed by atoms with van der Waals surface area (Å²) in [5.74, 6) is 1.38. The molecule has 0 saturated heterocycles. The van der Waals surface area contributed by atoms with Crippen molar-refractivity contribution >= 4 is 28.8 Å². The molecular weight excluding hydrogens is 278 g/mol. The van der Waals surface area contributed by atoms with Crippen molar-refractivity contribution < 1.29 is 4.74 Å². The highest BCUT2D eigenvalue weighted by Gasteiger charge is 2.09. The van der Waals surface area contributed by atoms with Crippen LogP contribution in [0.15, 0.2) is 18.2 Å². The maximum Gasteiger partial charge on any atom is 0.120 e. The minimum Gasteiger partial charge on any atom is -0.493 e. The molecule has 0 amide bonds. The van der Waals surface area contributed by atoms with Gasteiger partial charge in [-0.05, 0) is 30.5 Å². The summed E-state index contributed by atoms with van der Waals surface area (Å²) in [4.78, 5) is 0.311. The molecule has 106 valence electrons. The molecule has 0 radical (unpaired) electrons. The molecule has 0 saturated carbocycles. The Morgan fingerprint density at radius 1 is 1.42 bits per heavy atom. The Kier molecular flexibility index (Phi) is 7.17. The van der Waals surface area contributed by atoms with Gasteiger partial charge in [0.1, 0.15) is 10.7 Å². The average Bonchev–Trinajstić information content (AvgIpc) is 2.38. The van der Waals surface area contributed by atoms with Crippen molar-refractivity contribution in [2.45, 2.75) is 39.5 Å². The SMILES string of the molecule is CCCCC(CC)COc1ccc(C(N)=S)c(Cl)c1. The van der Waals surface area contributed by atoms with Crippen molar-refractivity contribution in [2.75, 3.05) is 6.61 Å². The number of thiocarbonyl (C=S) groups is 1. The van der Waals surface area contributed by atoms with E-state index in [0.29, 0.717) is 21.5 Å². The van der Waals surface area contributed by atoms with Crippen LogP contribution in [0, 0.1) is 5.92 Å². The van der Waals surface area contributed by atoms with E-state index in [4.69, 9.17) is 34.3 Å². The summed E-state index contributed by atoms with van der Waals surface area (Å²) in [5, 5.41) is 0.548. The lowest BCUT2D eigenvalue weighted by atomic mass is 10.0. The van der Waals surface area contributed by atoms with Gasteiger partial charge >= 0.3 is 0 Å². The Hall–Kier alpha value is -0.800. The van der Waals surface area contributed by atoms with Crippen LogP contribution < -0.4 is 10.5 Å². The Morgan fingerprint density at radius 3 is 2.68 bits per heavy atom. The van der Waals surface area contributed by atoms with E-state index in [1.807, 2.05) is 12.1 Å². The summed E-state index contributed by atoms with van der Waals surface area (Å²) in [6, 6.07) is 5.46. The van der Waals surface area contributed by atoms with Crippen molar-refractivity contribution in [2.24, 2.45) is 11.7 Å². The summed E-state index contributed by atoms with van der Waals surface area (Å²) >= 11 is 11.0. The molecule has 0 spiro atoms. The predicted molar refractivity (Wildman–Crippen MR) is 86.1 cm³/mol. The highest BCUT2D eigenvalue weighted by molar-refractivity contribution is 7.80. The zero-order valence-electron chi connectivity index (χ0n) is 11.6. The third-order valence-corrected chi connectivity index (χ3v) is 3.77. The van der Waals surface area contributed by atoms with E-state index in [2.05, 4.69) is 13.8 Å². The van der Waals surface area contributed by atoms with Crippen LogP contribution in [0.25, 0.3) is 0 Å². The number of ether oxygens (including phenoxy) is 1. The van der Waals surface area contributed by atoms with E-state index < -0.39 is 0 Å². The lowest BCUT2D eigenvalue weighted by Gasteiger charge is -2.16. The molecule has 2 N–H and O–H groups in total. The summed E-state index contributed by atoms with van der Waals surface area (Å²) in [6.45, 7) is 5.15. The third kappa shape index (κ3) is 5.37. The van der Waals surface area contributed by atoms with Crippen molar-refractivity contribution in [3.05, 3.63) is 28.8 Å². The standard InChI is InChI=1S/C15H22ClNOS/c1-3-5-6-11(4-2)10-18-12-7-8-13(15(17)19)14(16)9-12/h7-9,11H,3-6,10H2,1-2H3,(H2,17,19). The molecule has 0 heterocycles. The van der Waals surface area contributed by atoms with Crippen LogP contribution in [0.5, 0.6) is 5.75 Å². The van der Waals surface area contributed by atoms with Gasteiger partial charge in [0.15, 0.2) is 0 Å². The Balaban J connectivity index is 2.57. The van der Waals surface area contributed by atoms with Gasteiger partial charge in [-0.1, -0.05) is 56.9 Å². The highest BCUT2D eigenvalue weighted by Crippen LogP contribution is 2.23. The monoisotopic (exact) mass is 299 g/mol. The topological polar surface area (TPSA) is 35.2 Å². The fourth-order valence-electron chi connectivity index (χ4n) is 1.90. The van der Waals surface area contributed by atoms with Gasteiger partial charge < -0.3 is 10.5 Å². The van der Waals surface area contributed by atoms with Gasteiger partial charge in [0, 0.05) is 5.56 Å². The fraction of sp³-hybridized carbons (Fsp3) is 0.533. The van der Waals surface area contributed by atoms with Crippen LogP contribution in [0.1, 0.15) is 45.1 Å². The number of hydrogen-bond acceptors (Lipinski definition) is 2. The number of hydrogen-bond donors (Lipinski definition) is 1. The number of rotatable bonds is 8. The van der Waals surface area contributed by atoms with Crippen LogP contribution in [0.4, 0.5) is 0 Å². The molecule has 0 aliphatic heterocycles. The molecule has 0 aromatic heterocycles. The molecule has 2 nitrogen and oxygen atoms in total. The minimum atomic E-state index is 0.311. The van der Waals surface area contributed by atoms with Gasteiger partial charge in [-0.3, -0.25) is 0 Å². The largest absolute Gasteiger partial charge is 0.493 e. The summed E-state index contributed by atoms with van der Waals surface area (Å²) in [6.07, 6.45) is 4.83. The minimum absolute atomic E-state index is 0.311. The van der Waals surface area contributed by atoms with Gasteiger partial charge in [-0.2, -0.15) is 0 Å². The van der Waals surface area contributed by atoms with Gasteiger partial charge in [0.2, 0.25) is 0 Å². The molecule has 1 aromatic carbocycles. The first kappa shape index (κ1) is 16.3. The molecule has 0 fully saturated rings. The first-order chi connectivity index (χ1) is 9.08. The molecule has 4 heteroatoms. The third-order valence-electron chi connectivity index (χ3n) is 3.23. The molecule has 0 aliphatic carbocycles. The quantitative estimate of drug-likeness (QED) is 0.714. The van der Waals surface area contributed by atoms with E-state index in [0.717, 1.165) is 18.8 Å². The molecule has 1 atom stereocenters. The van der Waals surface area contributed by atoms with E-state index in [1.54, 1.807) is 6.07 Å². The first-order valence-corrected chi connectivity index (χ1v) is 7.59. The molecule has 1 aromatic rings. The smallest absolute Gasteiger partial charge is 0.120 e. The maximum absolute atomic E-state index is 6.11. The van der Waals surface area contributed by atoms with Gasteiger partial charge in [-0.25, -0.2) is 0 Å². The lowest BCUT2D eigenvalue weighted by molar-refractivity contribution is 0.233. The molecule has 0 bridgehead atoms. The van der Waals surface area contributed by atoms with Crippen LogP contribution >= 0.6 is 23.8 Å². The Labute approximate surface area is 126 Å². The zero-order valence-corrected chi connectivity index (χ0v) is 13.2. The first-order valence-electron chi connectivity index (χ1n) is 6.80. The highest BCUT2D eigenvalue weighted by atomic mass is 35.5. The van der Waals surface area contributed by atoms with E-state index >= 15 is 0 Å². The summed E-state index contributed by atoms with van der Waals surface area (Å²) in [5.41, 5.74) is 6.27. The lowest BCUT2D eigenvalue weighted by Crippen LogP contribution is -2.12. The molecular formula is C15H22ClNOS. The van der Waals surface area contributed by atoms with Crippen molar-refractivity contribution in [3.8, 4) is 5.75 Å². The number of unbranched alkanes of at least 4 members (excludes halogenated alkanes) is 1. The van der Waals surface area contributed by atoms with Crippen LogP contribution in [-0.2, 0) is 0 Å². The Bertz CT molecular complexity index is 423. The zero-order chi connectivity index (χ0) is 14.3. The van der Waals surface area contributed by atoms with Gasteiger partial charge in [0.05, 0.1) is 11.6 Å². The van der Waals surface area contributed by atoms with Crippen LogP contribution in [0.2, 0.25) is 5.02 Å². The summed E-state index contributed by atoms with van der Waals surface area (Å²) < 4.78 is 5.80. The van der Waals surface area contributed by atoms with Crippen LogP contribution in [0.3, 0.4) is 0 Å². The second kappa shape index (κ2) is 8.39. The van der Waals surface area contributed by atoms with Gasteiger partial charge in [0.25, 0.3) is 0 Å². The molecule has 19 heavy (non-hydrogen) atoms. The number of halogens is 1. The fourth-order valence-corrected chi connectivity index (χ4v) is 2.40. The second-order valence-corrected chi connectivity index (χ2v) is 5.58. The maximum atomic E-state index is 6.11. The van der Waals surface area contributed by atoms with E-state index in [1.165, 1.54) is 19.3 Å². The van der Waals surface area contributed by atoms with Crippen molar-refractivity contribution in [1.82, 2.24) is 0 Å². The second-order valence-electron chi connectivity index (χ2n) is 4.73. The number of benzene rings is 1. The van der Waals surface area contributed by atoms with Gasteiger partial charge in [-0.15, -0.1) is 0 Å². The molecule has 0 aliphatic rings. The van der Waals surface area contributed by atoms with E-state index in [9.17, 15) is 0 Å². The Morgan fingerprint density at radius 2 is 2.16 bits per heavy atom. The average molecular weight is 300 g/mol. The number of nitrogens with two attached hydrogens (primary N) is 1. The predicted octanol–water partition coefficient (Wildman–Crippen LogP) is 4.57. The van der Waals surface area contributed by atoms with Crippen LogP contribution in [-0.4, -0.2) is 11.6 Å². The van der Waals surface area contributed by atoms with Crippen molar-refractivity contribution in [3.63, 3.8) is 0 Å². The summed E-state index contributed by atoms with van der Waals surface area (Å²) in [7, 11) is 0.